The molecule has 1 unspecified atom stereocenters. The van der Waals surface area contributed by atoms with E-state index in [1.54, 1.807) is 43.3 Å². The highest BCUT2D eigenvalue weighted by Crippen LogP contribution is 2.46. The molecule has 0 radical (unpaired) electrons. The van der Waals surface area contributed by atoms with Crippen LogP contribution in [0.4, 0.5) is 5.69 Å². The quantitative estimate of drug-likeness (QED) is 0.227. The molecule has 0 spiro atoms. The molecule has 2 aliphatic rings. The minimum Gasteiger partial charge on any atom is -0.497 e. The zero-order valence-corrected chi connectivity index (χ0v) is 25.1. The number of β-lactam (4-membered cyclic amide) rings is 1. The number of halogens is 1. The number of hydrogen-bond acceptors (Lipinski definition) is 7. The van der Waals surface area contributed by atoms with Crippen molar-refractivity contribution in [3.05, 3.63) is 88.4 Å². The van der Waals surface area contributed by atoms with Gasteiger partial charge < -0.3 is 23.8 Å². The molecule has 2 aliphatic heterocycles. The Morgan fingerprint density at radius 1 is 1.07 bits per heavy atom. The van der Waals surface area contributed by atoms with Gasteiger partial charge in [-0.1, -0.05) is 52.3 Å². The van der Waals surface area contributed by atoms with E-state index < -0.39 is 29.8 Å². The van der Waals surface area contributed by atoms with E-state index >= 15 is 0 Å². The van der Waals surface area contributed by atoms with Crippen molar-refractivity contribution < 1.29 is 28.5 Å². The summed E-state index contributed by atoms with van der Waals surface area (Å²) < 4.78 is 24.3. The van der Waals surface area contributed by atoms with E-state index in [-0.39, 0.29) is 11.9 Å². The van der Waals surface area contributed by atoms with Crippen LogP contribution in [0, 0.1) is 0 Å². The number of benzene rings is 3. The summed E-state index contributed by atoms with van der Waals surface area (Å²) in [5.74, 6) is -2.35. The average Bonchev–Trinajstić information content (AvgIpc) is 2.96. The first-order valence-corrected chi connectivity index (χ1v) is 14.2. The molecule has 210 valence electrons. The van der Waals surface area contributed by atoms with Crippen molar-refractivity contribution in [2.24, 2.45) is 5.73 Å². The molecule has 11 heteroatoms. The number of carbonyl (C=O) groups excluding carboxylic acids is 2. The Kier molecular flexibility index (Phi) is 8.17. The van der Waals surface area contributed by atoms with Gasteiger partial charge >= 0.3 is 5.91 Å². The second kappa shape index (κ2) is 11.5. The van der Waals surface area contributed by atoms with E-state index in [9.17, 15) is 9.59 Å². The molecule has 5 rings (SSSR count). The number of nitrogens with zero attached hydrogens (tertiary/aromatic N) is 2. The molecule has 2 fully saturated rings. The molecule has 0 bridgehead atoms. The van der Waals surface area contributed by atoms with E-state index in [0.29, 0.717) is 29.4 Å². The largest absolute Gasteiger partial charge is 0.497 e. The minimum atomic E-state index is -2.14. The lowest BCUT2D eigenvalue weighted by Crippen LogP contribution is -2.71. The van der Waals surface area contributed by atoms with Crippen molar-refractivity contribution in [2.75, 3.05) is 19.1 Å². The second-order valence-electron chi connectivity index (χ2n) is 9.75. The molecule has 6 atom stereocenters. The first-order chi connectivity index (χ1) is 19.1. The SMILES string of the molecule is COc1ccc(N2C(=O)[C@@H](O[C@@]3(N)O[C@H](P)[C@H](C)N(C)C3=O)[C@H]2c2ccc(Br)cc2OCc2ccccc2)cc1. The Labute approximate surface area is 243 Å². The van der Waals surface area contributed by atoms with Crippen LogP contribution in [-0.4, -0.2) is 54.8 Å². The Morgan fingerprint density at radius 3 is 2.45 bits per heavy atom. The molecule has 9 nitrogen and oxygen atoms in total. The highest BCUT2D eigenvalue weighted by Gasteiger charge is 2.58. The number of anilines is 1. The van der Waals surface area contributed by atoms with Crippen molar-refractivity contribution in [3.63, 3.8) is 0 Å². The molecule has 0 aliphatic carbocycles. The van der Waals surface area contributed by atoms with Crippen LogP contribution in [0.25, 0.3) is 0 Å². The van der Waals surface area contributed by atoms with E-state index in [0.717, 1.165) is 10.0 Å². The van der Waals surface area contributed by atoms with Gasteiger partial charge in [0.1, 0.15) is 24.1 Å². The van der Waals surface area contributed by atoms with E-state index in [4.69, 9.17) is 24.7 Å². The van der Waals surface area contributed by atoms with Crippen LogP contribution in [0.15, 0.2) is 77.3 Å². The van der Waals surface area contributed by atoms with Gasteiger partial charge in [0, 0.05) is 22.8 Å². The van der Waals surface area contributed by atoms with E-state index in [1.165, 1.54) is 4.90 Å². The first-order valence-electron chi connectivity index (χ1n) is 12.7. The van der Waals surface area contributed by atoms with Crippen molar-refractivity contribution in [1.82, 2.24) is 4.90 Å². The number of rotatable bonds is 8. The predicted molar refractivity (Wildman–Crippen MR) is 157 cm³/mol. The van der Waals surface area contributed by atoms with Crippen molar-refractivity contribution >= 4 is 42.7 Å². The lowest BCUT2D eigenvalue weighted by atomic mass is 9.88. The maximum atomic E-state index is 13.7. The molecule has 0 saturated carbocycles. The fourth-order valence-electron chi connectivity index (χ4n) is 4.79. The molecule has 3 aromatic carbocycles. The number of methoxy groups -OCH3 is 1. The summed E-state index contributed by atoms with van der Waals surface area (Å²) >= 11 is 3.53. The number of amides is 2. The number of likely N-dealkylation sites (N-methyl/N-ethyl adjacent to an activating group) is 1. The average molecular weight is 628 g/mol. The van der Waals surface area contributed by atoms with Gasteiger partial charge in [0.2, 0.25) is 0 Å². The molecule has 3 aromatic rings. The topological polar surface area (TPSA) is 104 Å². The van der Waals surface area contributed by atoms with Gasteiger partial charge in [-0.2, -0.15) is 0 Å². The Balaban J connectivity index is 1.52. The molecule has 2 amide bonds. The zero-order valence-electron chi connectivity index (χ0n) is 22.3. The molecular weight excluding hydrogens is 597 g/mol. The molecular formula is C29H31BrN3O6P. The molecule has 2 saturated heterocycles. The van der Waals surface area contributed by atoms with Gasteiger partial charge in [-0.25, -0.2) is 0 Å². The van der Waals surface area contributed by atoms with Crippen molar-refractivity contribution in [3.8, 4) is 11.5 Å². The van der Waals surface area contributed by atoms with Crippen LogP contribution in [0.1, 0.15) is 24.1 Å². The number of nitrogens with two attached hydrogens (primary N) is 1. The Morgan fingerprint density at radius 2 is 1.77 bits per heavy atom. The fourth-order valence-corrected chi connectivity index (χ4v) is 5.59. The highest BCUT2D eigenvalue weighted by atomic mass is 79.9. The summed E-state index contributed by atoms with van der Waals surface area (Å²) in [5, 5.41) is 0. The van der Waals surface area contributed by atoms with Crippen molar-refractivity contribution in [2.45, 2.75) is 43.5 Å². The van der Waals surface area contributed by atoms with Crippen LogP contribution in [0.3, 0.4) is 0 Å². The van der Waals surface area contributed by atoms with Crippen LogP contribution in [0.5, 0.6) is 11.5 Å². The summed E-state index contributed by atoms with van der Waals surface area (Å²) in [6.45, 7) is 2.16. The lowest BCUT2D eigenvalue weighted by molar-refractivity contribution is -0.281. The van der Waals surface area contributed by atoms with E-state index in [2.05, 4.69) is 25.2 Å². The van der Waals surface area contributed by atoms with Gasteiger partial charge in [0.25, 0.3) is 11.8 Å². The van der Waals surface area contributed by atoms with Gasteiger partial charge in [-0.3, -0.25) is 20.2 Å². The smallest absolute Gasteiger partial charge is 0.310 e. The molecule has 2 N–H and O–H groups in total. The lowest BCUT2D eigenvalue weighted by Gasteiger charge is -2.51. The monoisotopic (exact) mass is 627 g/mol. The van der Waals surface area contributed by atoms with Gasteiger partial charge in [0.15, 0.2) is 6.10 Å². The highest BCUT2D eigenvalue weighted by molar-refractivity contribution is 9.10. The Bertz CT molecular complexity index is 1390. The van der Waals surface area contributed by atoms with Crippen molar-refractivity contribution in [1.29, 1.82) is 0 Å². The third-order valence-electron chi connectivity index (χ3n) is 7.25. The number of morpholine rings is 1. The summed E-state index contributed by atoms with van der Waals surface area (Å²) in [6, 6.07) is 21.6. The first kappa shape index (κ1) is 28.5. The van der Waals surface area contributed by atoms with E-state index in [1.807, 2.05) is 55.5 Å². The summed E-state index contributed by atoms with van der Waals surface area (Å²) in [6.07, 6.45) is -1.12. The molecule has 40 heavy (non-hydrogen) atoms. The minimum absolute atomic E-state index is 0.245. The molecule has 0 aromatic heterocycles. The van der Waals surface area contributed by atoms with Gasteiger partial charge in [-0.15, -0.1) is 9.24 Å². The summed E-state index contributed by atoms with van der Waals surface area (Å²) in [7, 11) is 5.73. The summed E-state index contributed by atoms with van der Waals surface area (Å²) in [5.41, 5.74) is 8.71. The number of ether oxygens (including phenoxy) is 4. The number of carbonyl (C=O) groups is 2. The van der Waals surface area contributed by atoms with Gasteiger partial charge in [-0.05, 0) is 48.9 Å². The second-order valence-corrected chi connectivity index (χ2v) is 11.3. The fraction of sp³-hybridized carbons (Fsp3) is 0.310. The summed E-state index contributed by atoms with van der Waals surface area (Å²) in [4.78, 5) is 29.9. The third-order valence-corrected chi connectivity index (χ3v) is 8.43. The maximum Gasteiger partial charge on any atom is 0.310 e. The van der Waals surface area contributed by atoms with Crippen LogP contribution >= 0.6 is 25.2 Å². The van der Waals surface area contributed by atoms with Crippen LogP contribution < -0.4 is 20.1 Å². The normalized spacial score (nSPS) is 26.4. The van der Waals surface area contributed by atoms with Gasteiger partial charge in [0.05, 0.1) is 19.0 Å². The van der Waals surface area contributed by atoms with Crippen LogP contribution in [-0.2, 0) is 25.7 Å². The predicted octanol–water partition coefficient (Wildman–Crippen LogP) is 4.20. The standard InChI is InChI=1S/C29H31BrN3O6P/c1-17-27(40)39-29(31,28(35)32(17)2)38-25-24(33(26(25)34)20-10-12-21(36-3)13-11-20)22-14-9-19(30)15-23(22)37-16-18-7-5-4-6-8-18/h4-15,17,24-25,27H,16,31,40H2,1-3H3/t17-,24+,25-,27+,29+/m0/s1. The third kappa shape index (κ3) is 5.34. The molecule has 2 heterocycles. The number of hydrogen-bond donors (Lipinski definition) is 1. The zero-order chi connectivity index (χ0) is 28.6. The van der Waals surface area contributed by atoms with Crippen LogP contribution in [0.2, 0.25) is 0 Å². The maximum absolute atomic E-state index is 13.7. The Hall–Kier alpha value is -3.01.